The van der Waals surface area contributed by atoms with E-state index in [4.69, 9.17) is 5.73 Å². The van der Waals surface area contributed by atoms with Crippen molar-refractivity contribution in [2.45, 2.75) is 20.0 Å². The fraction of sp³-hybridized carbons (Fsp3) is 0.231. The maximum Gasteiger partial charge on any atom is 0.267 e. The molecule has 0 radical (unpaired) electrons. The number of aromatic nitrogens is 2. The van der Waals surface area contributed by atoms with Gasteiger partial charge >= 0.3 is 0 Å². The average molecular weight is 229 g/mol. The van der Waals surface area contributed by atoms with Gasteiger partial charge in [0.25, 0.3) is 5.56 Å². The van der Waals surface area contributed by atoms with Crippen LogP contribution < -0.4 is 11.3 Å². The van der Waals surface area contributed by atoms with Crippen LogP contribution in [-0.4, -0.2) is 9.78 Å². The van der Waals surface area contributed by atoms with Gasteiger partial charge in [-0.05, 0) is 23.6 Å². The topological polar surface area (TPSA) is 60.9 Å². The molecule has 0 unspecified atom stereocenters. The Morgan fingerprint density at radius 3 is 2.47 bits per heavy atom. The summed E-state index contributed by atoms with van der Waals surface area (Å²) in [6.07, 6.45) is 1.69. The molecular weight excluding hydrogens is 214 g/mol. The Bertz CT molecular complexity index is 558. The summed E-state index contributed by atoms with van der Waals surface area (Å²) in [7, 11) is 0. The normalized spacial score (nSPS) is 10.5. The summed E-state index contributed by atoms with van der Waals surface area (Å²) in [5.74, 6) is 0. The van der Waals surface area contributed by atoms with E-state index in [1.807, 2.05) is 31.2 Å². The predicted octanol–water partition coefficient (Wildman–Crippen LogP) is 1.06. The van der Waals surface area contributed by atoms with Gasteiger partial charge in [-0.2, -0.15) is 5.10 Å². The lowest BCUT2D eigenvalue weighted by molar-refractivity contribution is 0.636. The number of nitrogens with two attached hydrogens (primary N) is 1. The average Bonchev–Trinajstić information content (AvgIpc) is 2.34. The number of aryl methyl sites for hydroxylation is 1. The second-order valence-corrected chi connectivity index (χ2v) is 4.05. The molecule has 1 heterocycles. The molecule has 0 spiro atoms. The van der Waals surface area contributed by atoms with Crippen molar-refractivity contribution >= 4 is 0 Å². The highest BCUT2D eigenvalue weighted by atomic mass is 16.1. The number of nitrogens with zero attached hydrogens (tertiary/aromatic N) is 2. The van der Waals surface area contributed by atoms with Crippen LogP contribution in [-0.2, 0) is 13.1 Å². The molecule has 0 atom stereocenters. The molecule has 0 fully saturated rings. The highest BCUT2D eigenvalue weighted by Crippen LogP contribution is 2.04. The van der Waals surface area contributed by atoms with Crippen LogP contribution in [0.3, 0.4) is 0 Å². The molecule has 1 aromatic carbocycles. The van der Waals surface area contributed by atoms with Gasteiger partial charge in [0, 0.05) is 12.6 Å². The zero-order valence-electron chi connectivity index (χ0n) is 9.76. The molecule has 2 N–H and O–H groups in total. The van der Waals surface area contributed by atoms with E-state index < -0.39 is 0 Å². The summed E-state index contributed by atoms with van der Waals surface area (Å²) >= 11 is 0. The highest BCUT2D eigenvalue weighted by molar-refractivity contribution is 5.22. The second-order valence-electron chi connectivity index (χ2n) is 4.05. The molecule has 0 aliphatic carbocycles. The van der Waals surface area contributed by atoms with Crippen LogP contribution >= 0.6 is 0 Å². The van der Waals surface area contributed by atoms with Crippen molar-refractivity contribution in [1.82, 2.24) is 9.78 Å². The molecule has 0 bridgehead atoms. The molecule has 4 nitrogen and oxygen atoms in total. The van der Waals surface area contributed by atoms with E-state index in [-0.39, 0.29) is 5.56 Å². The standard InChI is InChI=1S/C13H15N3O/c1-10-6-13(17)16(15-8-10)9-12-4-2-11(7-14)3-5-12/h2-6,8H,7,9,14H2,1H3. The molecule has 1 aromatic heterocycles. The number of hydrogen-bond acceptors (Lipinski definition) is 3. The lowest BCUT2D eigenvalue weighted by Crippen LogP contribution is -2.22. The molecular formula is C13H15N3O. The van der Waals surface area contributed by atoms with Crippen LogP contribution in [0.4, 0.5) is 0 Å². The summed E-state index contributed by atoms with van der Waals surface area (Å²) in [6.45, 7) is 2.88. The van der Waals surface area contributed by atoms with Gasteiger partial charge in [0.15, 0.2) is 0 Å². The molecule has 0 saturated heterocycles. The van der Waals surface area contributed by atoms with Gasteiger partial charge in [-0.1, -0.05) is 24.3 Å². The molecule has 88 valence electrons. The molecule has 2 aromatic rings. The monoisotopic (exact) mass is 229 g/mol. The van der Waals surface area contributed by atoms with Crippen molar-refractivity contribution in [1.29, 1.82) is 0 Å². The number of benzene rings is 1. The van der Waals surface area contributed by atoms with Gasteiger partial charge in [-0.15, -0.1) is 0 Å². The van der Waals surface area contributed by atoms with E-state index in [0.717, 1.165) is 16.7 Å². The third-order valence-electron chi connectivity index (χ3n) is 2.60. The van der Waals surface area contributed by atoms with Gasteiger partial charge < -0.3 is 5.73 Å². The number of rotatable bonds is 3. The first kappa shape index (κ1) is 11.5. The first-order chi connectivity index (χ1) is 8.19. The van der Waals surface area contributed by atoms with Crippen molar-refractivity contribution < 1.29 is 0 Å². The van der Waals surface area contributed by atoms with Crippen molar-refractivity contribution in [2.75, 3.05) is 0 Å². The summed E-state index contributed by atoms with van der Waals surface area (Å²) < 4.78 is 1.45. The second kappa shape index (κ2) is 4.93. The van der Waals surface area contributed by atoms with Crippen LogP contribution in [0.15, 0.2) is 41.3 Å². The Morgan fingerprint density at radius 2 is 1.88 bits per heavy atom. The van der Waals surface area contributed by atoms with E-state index in [9.17, 15) is 4.79 Å². The molecule has 4 heteroatoms. The maximum atomic E-state index is 11.6. The molecule has 17 heavy (non-hydrogen) atoms. The lowest BCUT2D eigenvalue weighted by Gasteiger charge is -2.05. The quantitative estimate of drug-likeness (QED) is 0.856. The summed E-state index contributed by atoms with van der Waals surface area (Å²) in [5, 5.41) is 4.10. The van der Waals surface area contributed by atoms with E-state index in [1.54, 1.807) is 12.3 Å². The zero-order chi connectivity index (χ0) is 12.3. The first-order valence-corrected chi connectivity index (χ1v) is 5.50. The van der Waals surface area contributed by atoms with E-state index >= 15 is 0 Å². The van der Waals surface area contributed by atoms with Gasteiger partial charge in [0.05, 0.1) is 12.7 Å². The highest BCUT2D eigenvalue weighted by Gasteiger charge is 1.99. The fourth-order valence-electron chi connectivity index (χ4n) is 1.60. The lowest BCUT2D eigenvalue weighted by atomic mass is 10.1. The van der Waals surface area contributed by atoms with E-state index in [0.29, 0.717) is 13.1 Å². The van der Waals surface area contributed by atoms with E-state index in [2.05, 4.69) is 5.10 Å². The van der Waals surface area contributed by atoms with Crippen molar-refractivity contribution in [3.63, 3.8) is 0 Å². The van der Waals surface area contributed by atoms with Crippen LogP contribution in [0.5, 0.6) is 0 Å². The Morgan fingerprint density at radius 1 is 1.24 bits per heavy atom. The molecule has 0 aliphatic rings. The van der Waals surface area contributed by atoms with Gasteiger partial charge in [-0.3, -0.25) is 4.79 Å². The summed E-state index contributed by atoms with van der Waals surface area (Å²) in [5.41, 5.74) is 8.45. The summed E-state index contributed by atoms with van der Waals surface area (Å²) in [6, 6.07) is 9.46. The first-order valence-electron chi connectivity index (χ1n) is 5.50. The molecule has 0 saturated carbocycles. The van der Waals surface area contributed by atoms with Crippen LogP contribution in [0.1, 0.15) is 16.7 Å². The van der Waals surface area contributed by atoms with Gasteiger partial charge in [0.2, 0.25) is 0 Å². The maximum absolute atomic E-state index is 11.6. The summed E-state index contributed by atoms with van der Waals surface area (Å²) in [4.78, 5) is 11.6. The van der Waals surface area contributed by atoms with Crippen molar-refractivity contribution in [2.24, 2.45) is 5.73 Å². The van der Waals surface area contributed by atoms with Crippen LogP contribution in [0, 0.1) is 6.92 Å². The fourth-order valence-corrected chi connectivity index (χ4v) is 1.60. The molecule has 0 amide bonds. The van der Waals surface area contributed by atoms with Crippen LogP contribution in [0.25, 0.3) is 0 Å². The smallest absolute Gasteiger partial charge is 0.267 e. The Kier molecular flexibility index (Phi) is 3.35. The Balaban J connectivity index is 2.22. The van der Waals surface area contributed by atoms with Gasteiger partial charge in [-0.25, -0.2) is 4.68 Å². The minimum atomic E-state index is -0.0760. The van der Waals surface area contributed by atoms with E-state index in [1.165, 1.54) is 4.68 Å². The van der Waals surface area contributed by atoms with Crippen molar-refractivity contribution in [3.05, 3.63) is 63.6 Å². The third kappa shape index (κ3) is 2.79. The minimum absolute atomic E-state index is 0.0760. The minimum Gasteiger partial charge on any atom is -0.326 e. The van der Waals surface area contributed by atoms with Crippen molar-refractivity contribution in [3.8, 4) is 0 Å². The largest absolute Gasteiger partial charge is 0.326 e. The number of hydrogen-bond donors (Lipinski definition) is 1. The SMILES string of the molecule is Cc1cnn(Cc2ccc(CN)cc2)c(=O)c1. The predicted molar refractivity (Wildman–Crippen MR) is 66.7 cm³/mol. The molecule has 0 aliphatic heterocycles. The zero-order valence-corrected chi connectivity index (χ0v) is 9.76. The van der Waals surface area contributed by atoms with Crippen LogP contribution in [0.2, 0.25) is 0 Å². The van der Waals surface area contributed by atoms with Gasteiger partial charge in [0.1, 0.15) is 0 Å². The third-order valence-corrected chi connectivity index (χ3v) is 2.60. The Hall–Kier alpha value is -1.94. The molecule has 2 rings (SSSR count). The Labute approximate surface area is 99.7 Å².